The second-order valence-electron chi connectivity index (χ2n) is 7.69. The molecule has 0 aliphatic carbocycles. The number of nitrogens with one attached hydrogen (secondary N) is 1. The summed E-state index contributed by atoms with van der Waals surface area (Å²) >= 11 is 0. The Morgan fingerprint density at radius 2 is 1.83 bits per heavy atom. The van der Waals surface area contributed by atoms with E-state index in [1.807, 2.05) is 13.8 Å². The van der Waals surface area contributed by atoms with Crippen LogP contribution in [0.2, 0.25) is 0 Å². The fourth-order valence-corrected chi connectivity index (χ4v) is 3.73. The van der Waals surface area contributed by atoms with E-state index < -0.39 is 23.3 Å². The Hall–Kier alpha value is -2.87. The number of halogens is 4. The van der Waals surface area contributed by atoms with E-state index in [0.717, 1.165) is 12.1 Å². The summed E-state index contributed by atoms with van der Waals surface area (Å²) in [6, 6.07) is 10.6. The minimum absolute atomic E-state index is 0.337. The number of alkyl halides is 3. The molecule has 0 fully saturated rings. The van der Waals surface area contributed by atoms with Crippen molar-refractivity contribution in [3.8, 4) is 11.3 Å². The summed E-state index contributed by atoms with van der Waals surface area (Å²) in [5.74, 6) is 0.576. The predicted octanol–water partition coefficient (Wildman–Crippen LogP) is 4.72. The molecule has 0 amide bonds. The second-order valence-corrected chi connectivity index (χ2v) is 7.69. The van der Waals surface area contributed by atoms with Crippen LogP contribution in [-0.2, 0) is 11.7 Å². The fraction of sp³-hybridized carbons (Fsp3) is 0.286. The molecule has 0 radical (unpaired) electrons. The van der Waals surface area contributed by atoms with Crippen LogP contribution in [0.3, 0.4) is 0 Å². The van der Waals surface area contributed by atoms with Crippen LogP contribution in [0, 0.1) is 5.82 Å². The summed E-state index contributed by atoms with van der Waals surface area (Å²) in [7, 11) is 0. The lowest BCUT2D eigenvalue weighted by atomic mass is 9.95. The SMILES string of the molecule is CC1(C)NCC(c2cccc(C(F)(F)F)c2)n2c1nc(-c1ccc(F)cc1)c2N. The summed E-state index contributed by atoms with van der Waals surface area (Å²) in [5, 5.41) is 3.34. The average molecular weight is 404 g/mol. The first-order valence-corrected chi connectivity index (χ1v) is 9.14. The molecule has 1 aliphatic heterocycles. The first kappa shape index (κ1) is 19.4. The molecule has 29 heavy (non-hydrogen) atoms. The van der Waals surface area contributed by atoms with Crippen molar-refractivity contribution >= 4 is 5.82 Å². The molecule has 1 atom stereocenters. The standard InChI is InChI=1S/C21H20F4N4/c1-20(2)19-28-17(12-6-8-15(22)9-7-12)18(26)29(19)16(11-27-20)13-4-3-5-14(10-13)21(23,24)25/h3-10,16,27H,11,26H2,1-2H3. The van der Waals surface area contributed by atoms with Gasteiger partial charge in [0.2, 0.25) is 0 Å². The van der Waals surface area contributed by atoms with E-state index in [4.69, 9.17) is 5.73 Å². The number of anilines is 1. The van der Waals surface area contributed by atoms with E-state index in [1.54, 1.807) is 22.8 Å². The van der Waals surface area contributed by atoms with Crippen molar-refractivity contribution in [3.63, 3.8) is 0 Å². The Balaban J connectivity index is 1.87. The van der Waals surface area contributed by atoms with Gasteiger partial charge in [-0.05, 0) is 55.8 Å². The van der Waals surface area contributed by atoms with Gasteiger partial charge in [0, 0.05) is 12.1 Å². The van der Waals surface area contributed by atoms with Crippen molar-refractivity contribution in [2.45, 2.75) is 31.6 Å². The van der Waals surface area contributed by atoms with E-state index in [0.29, 0.717) is 35.0 Å². The van der Waals surface area contributed by atoms with E-state index in [-0.39, 0.29) is 5.82 Å². The minimum Gasteiger partial charge on any atom is -0.383 e. The van der Waals surface area contributed by atoms with Crippen molar-refractivity contribution in [1.82, 2.24) is 14.9 Å². The first-order valence-electron chi connectivity index (χ1n) is 9.14. The highest BCUT2D eigenvalue weighted by Gasteiger charge is 2.38. The number of nitrogen functional groups attached to an aromatic ring is 1. The van der Waals surface area contributed by atoms with Crippen LogP contribution in [0.1, 0.15) is 36.8 Å². The molecule has 3 aromatic rings. The van der Waals surface area contributed by atoms with Crippen LogP contribution in [0.25, 0.3) is 11.3 Å². The van der Waals surface area contributed by atoms with Gasteiger partial charge in [0.05, 0.1) is 17.1 Å². The maximum absolute atomic E-state index is 13.3. The Bertz CT molecular complexity index is 1050. The third-order valence-electron chi connectivity index (χ3n) is 5.27. The van der Waals surface area contributed by atoms with Crippen LogP contribution < -0.4 is 11.1 Å². The lowest BCUT2D eigenvalue weighted by Gasteiger charge is -2.37. The quantitative estimate of drug-likeness (QED) is 0.608. The third kappa shape index (κ3) is 3.37. The topological polar surface area (TPSA) is 55.9 Å². The summed E-state index contributed by atoms with van der Waals surface area (Å²) in [5.41, 5.74) is 6.79. The van der Waals surface area contributed by atoms with Gasteiger partial charge in [-0.2, -0.15) is 13.2 Å². The van der Waals surface area contributed by atoms with Gasteiger partial charge in [-0.1, -0.05) is 12.1 Å². The molecule has 0 saturated heterocycles. The largest absolute Gasteiger partial charge is 0.416 e. The van der Waals surface area contributed by atoms with E-state index in [9.17, 15) is 17.6 Å². The molecule has 152 valence electrons. The lowest BCUT2D eigenvalue weighted by molar-refractivity contribution is -0.137. The van der Waals surface area contributed by atoms with Crippen LogP contribution >= 0.6 is 0 Å². The number of hydrogen-bond acceptors (Lipinski definition) is 3. The Morgan fingerprint density at radius 1 is 1.14 bits per heavy atom. The molecular formula is C21H20F4N4. The van der Waals surface area contributed by atoms with Gasteiger partial charge in [-0.3, -0.25) is 0 Å². The lowest BCUT2D eigenvalue weighted by Crippen LogP contribution is -2.48. The molecule has 4 nitrogen and oxygen atoms in total. The summed E-state index contributed by atoms with van der Waals surface area (Å²) in [6.07, 6.45) is -4.43. The fourth-order valence-electron chi connectivity index (χ4n) is 3.73. The molecule has 3 N–H and O–H groups in total. The monoisotopic (exact) mass is 404 g/mol. The zero-order valence-electron chi connectivity index (χ0n) is 15.9. The molecule has 1 aromatic heterocycles. The van der Waals surface area contributed by atoms with Gasteiger partial charge in [0.1, 0.15) is 23.2 Å². The van der Waals surface area contributed by atoms with E-state index >= 15 is 0 Å². The summed E-state index contributed by atoms with van der Waals surface area (Å²) in [4.78, 5) is 4.68. The Labute approximate surface area is 165 Å². The number of hydrogen-bond donors (Lipinski definition) is 2. The highest BCUT2D eigenvalue weighted by molar-refractivity contribution is 5.71. The van der Waals surface area contributed by atoms with Gasteiger partial charge in [0.15, 0.2) is 0 Å². The van der Waals surface area contributed by atoms with E-state index in [2.05, 4.69) is 10.3 Å². The van der Waals surface area contributed by atoms with Crippen molar-refractivity contribution in [1.29, 1.82) is 0 Å². The summed E-state index contributed by atoms with van der Waals surface area (Å²) < 4.78 is 54.7. The van der Waals surface area contributed by atoms with Crippen LogP contribution in [0.15, 0.2) is 48.5 Å². The van der Waals surface area contributed by atoms with Gasteiger partial charge in [-0.25, -0.2) is 9.37 Å². The molecule has 4 rings (SSSR count). The Kier molecular flexibility index (Phi) is 4.42. The second kappa shape index (κ2) is 6.59. The van der Waals surface area contributed by atoms with Gasteiger partial charge >= 0.3 is 6.18 Å². The molecule has 2 heterocycles. The number of nitrogens with two attached hydrogens (primary N) is 1. The van der Waals surface area contributed by atoms with Gasteiger partial charge in [0.25, 0.3) is 0 Å². The van der Waals surface area contributed by atoms with Crippen molar-refractivity contribution in [3.05, 3.63) is 71.3 Å². The van der Waals surface area contributed by atoms with Crippen LogP contribution in [-0.4, -0.2) is 16.1 Å². The van der Waals surface area contributed by atoms with Crippen LogP contribution in [0.5, 0.6) is 0 Å². The van der Waals surface area contributed by atoms with E-state index in [1.165, 1.54) is 18.2 Å². The molecule has 2 aromatic carbocycles. The number of aromatic nitrogens is 2. The normalized spacial score (nSPS) is 18.5. The molecule has 1 unspecified atom stereocenters. The molecule has 8 heteroatoms. The van der Waals surface area contributed by atoms with Gasteiger partial charge < -0.3 is 15.6 Å². The van der Waals surface area contributed by atoms with Crippen molar-refractivity contribution < 1.29 is 17.6 Å². The first-order chi connectivity index (χ1) is 13.6. The number of benzene rings is 2. The number of imidazole rings is 1. The number of rotatable bonds is 2. The molecule has 0 spiro atoms. The third-order valence-corrected chi connectivity index (χ3v) is 5.27. The summed E-state index contributed by atoms with van der Waals surface area (Å²) in [6.45, 7) is 4.26. The highest BCUT2D eigenvalue weighted by Crippen LogP contribution is 2.39. The maximum atomic E-state index is 13.3. The Morgan fingerprint density at radius 3 is 2.48 bits per heavy atom. The zero-order chi connectivity index (χ0) is 21.0. The zero-order valence-corrected chi connectivity index (χ0v) is 15.9. The molecule has 1 aliphatic rings. The predicted molar refractivity (Wildman–Crippen MR) is 103 cm³/mol. The minimum atomic E-state index is -4.43. The molecule has 0 saturated carbocycles. The van der Waals surface area contributed by atoms with Crippen molar-refractivity contribution in [2.24, 2.45) is 0 Å². The molecule has 0 bridgehead atoms. The molecular weight excluding hydrogens is 384 g/mol. The average Bonchev–Trinajstić information content (AvgIpc) is 3.01. The smallest absolute Gasteiger partial charge is 0.383 e. The van der Waals surface area contributed by atoms with Crippen LogP contribution in [0.4, 0.5) is 23.4 Å². The van der Waals surface area contributed by atoms with Gasteiger partial charge in [-0.15, -0.1) is 0 Å². The maximum Gasteiger partial charge on any atom is 0.416 e. The number of nitrogens with zero attached hydrogens (tertiary/aromatic N) is 2. The number of fused-ring (bicyclic) bond motifs is 1. The van der Waals surface area contributed by atoms with Crippen molar-refractivity contribution in [2.75, 3.05) is 12.3 Å². The highest BCUT2D eigenvalue weighted by atomic mass is 19.4.